The van der Waals surface area contributed by atoms with Crippen molar-refractivity contribution in [3.63, 3.8) is 0 Å². The Bertz CT molecular complexity index is 1350. The van der Waals surface area contributed by atoms with Crippen LogP contribution >= 0.6 is 11.6 Å². The van der Waals surface area contributed by atoms with Crippen LogP contribution in [0, 0.1) is 16.5 Å². The van der Waals surface area contributed by atoms with Crippen molar-refractivity contribution in [2.24, 2.45) is 5.18 Å². The molecule has 2 heterocycles. The molecule has 0 fully saturated rings. The van der Waals surface area contributed by atoms with Crippen LogP contribution in [0.1, 0.15) is 38.1 Å². The second-order valence-corrected chi connectivity index (χ2v) is 8.90. The van der Waals surface area contributed by atoms with Gasteiger partial charge in [-0.25, -0.2) is 13.8 Å². The number of hydrogen-bond donors (Lipinski definition) is 2. The molecule has 2 N–H and O–H groups in total. The number of hydrogen-bond acceptors (Lipinski definition) is 6. The number of aromatic nitrogens is 3. The molecule has 2 aromatic carbocycles. The Kier molecular flexibility index (Phi) is 6.33. The van der Waals surface area contributed by atoms with E-state index in [2.05, 4.69) is 20.5 Å². The molecule has 4 aromatic rings. The van der Waals surface area contributed by atoms with E-state index in [1.165, 1.54) is 16.8 Å². The zero-order valence-electron chi connectivity index (χ0n) is 18.6. The molecular weight excluding hydrogens is 464 g/mol. The number of nitrogens with zero attached hydrogens (tertiary/aromatic N) is 4. The topological polar surface area (TPSA) is 92.4 Å². The Morgan fingerprint density at radius 2 is 1.82 bits per heavy atom. The van der Waals surface area contributed by atoms with Crippen LogP contribution in [0.2, 0.25) is 5.02 Å². The summed E-state index contributed by atoms with van der Waals surface area (Å²) in [6.45, 7) is 5.00. The molecule has 0 saturated heterocycles. The van der Waals surface area contributed by atoms with Gasteiger partial charge in [0, 0.05) is 22.2 Å². The van der Waals surface area contributed by atoms with Crippen LogP contribution in [0.15, 0.2) is 59.9 Å². The van der Waals surface area contributed by atoms with Gasteiger partial charge in [-0.15, -0.1) is 4.91 Å². The Morgan fingerprint density at radius 1 is 1.15 bits per heavy atom. The van der Waals surface area contributed by atoms with Gasteiger partial charge in [0.2, 0.25) is 5.95 Å². The summed E-state index contributed by atoms with van der Waals surface area (Å²) in [5, 5.41) is 17.2. The molecule has 0 aliphatic heterocycles. The number of para-hydroxylation sites is 1. The van der Waals surface area contributed by atoms with Crippen LogP contribution in [-0.4, -0.2) is 31.3 Å². The summed E-state index contributed by atoms with van der Waals surface area (Å²) in [4.78, 5) is 20.7. The molecule has 0 radical (unpaired) electrons. The molecule has 0 aliphatic rings. The lowest BCUT2D eigenvalue weighted by Crippen LogP contribution is -2.39. The number of anilines is 1. The molecule has 2 atom stereocenters. The van der Waals surface area contributed by atoms with Crippen LogP contribution in [-0.2, 0) is 0 Å². The third-order valence-corrected chi connectivity index (χ3v) is 6.07. The van der Waals surface area contributed by atoms with Crippen LogP contribution in [0.25, 0.3) is 16.7 Å². The van der Waals surface area contributed by atoms with Gasteiger partial charge in [-0.3, -0.25) is 4.57 Å². The van der Waals surface area contributed by atoms with Gasteiger partial charge >= 0.3 is 0 Å². The molecule has 0 saturated carbocycles. The lowest BCUT2D eigenvalue weighted by Gasteiger charge is -2.26. The molecule has 34 heavy (non-hydrogen) atoms. The number of rotatable bonds is 7. The van der Waals surface area contributed by atoms with Gasteiger partial charge in [0.05, 0.1) is 17.3 Å². The van der Waals surface area contributed by atoms with E-state index >= 15 is 0 Å². The number of benzene rings is 2. The van der Waals surface area contributed by atoms with E-state index in [-0.39, 0.29) is 22.3 Å². The van der Waals surface area contributed by atoms with Gasteiger partial charge in [-0.05, 0) is 45.0 Å². The van der Waals surface area contributed by atoms with Crippen molar-refractivity contribution in [1.29, 1.82) is 0 Å². The summed E-state index contributed by atoms with van der Waals surface area (Å²) in [6, 6.07) is 10.0. The van der Waals surface area contributed by atoms with E-state index in [0.717, 1.165) is 12.1 Å². The number of nitroso groups, excluding NO2 is 1. The van der Waals surface area contributed by atoms with Crippen molar-refractivity contribution < 1.29 is 13.9 Å². The number of nitrogens with one attached hydrogen (secondary N) is 1. The SMILES string of the molecule is CC(Nc1ncc2cc(C(N=O)c3ccccc3Cl)n(-c3c(F)cccc3F)c2n1)C(C)(C)O. The highest BCUT2D eigenvalue weighted by molar-refractivity contribution is 6.31. The maximum Gasteiger partial charge on any atom is 0.224 e. The Morgan fingerprint density at radius 3 is 2.44 bits per heavy atom. The maximum absolute atomic E-state index is 14.9. The Hall–Kier alpha value is -3.43. The summed E-state index contributed by atoms with van der Waals surface area (Å²) in [5.74, 6) is -1.56. The van der Waals surface area contributed by atoms with E-state index in [9.17, 15) is 18.8 Å². The lowest BCUT2D eigenvalue weighted by atomic mass is 10.0. The zero-order chi connectivity index (χ0) is 24.6. The molecule has 2 aromatic heterocycles. The van der Waals surface area contributed by atoms with Crippen molar-refractivity contribution in [2.75, 3.05) is 5.32 Å². The monoisotopic (exact) mass is 485 g/mol. The van der Waals surface area contributed by atoms with Crippen molar-refractivity contribution in [3.05, 3.63) is 87.5 Å². The fraction of sp³-hybridized carbons (Fsp3) is 0.250. The molecule has 0 spiro atoms. The van der Waals surface area contributed by atoms with E-state index < -0.39 is 35.0 Å². The van der Waals surface area contributed by atoms with Crippen LogP contribution in [0.4, 0.5) is 14.7 Å². The third kappa shape index (κ3) is 4.36. The molecule has 176 valence electrons. The normalized spacial score (nSPS) is 13.6. The van der Waals surface area contributed by atoms with Crippen molar-refractivity contribution in [2.45, 2.75) is 38.5 Å². The first kappa shape index (κ1) is 23.7. The highest BCUT2D eigenvalue weighted by atomic mass is 35.5. The van der Waals surface area contributed by atoms with Gasteiger partial charge in [0.15, 0.2) is 11.7 Å². The average Bonchev–Trinajstić information content (AvgIpc) is 3.13. The summed E-state index contributed by atoms with van der Waals surface area (Å²) >= 11 is 6.31. The van der Waals surface area contributed by atoms with E-state index in [1.54, 1.807) is 51.1 Å². The third-order valence-electron chi connectivity index (χ3n) is 5.72. The van der Waals surface area contributed by atoms with Gasteiger partial charge in [-0.1, -0.05) is 41.0 Å². The highest BCUT2D eigenvalue weighted by Crippen LogP contribution is 2.37. The standard InChI is InChI=1S/C24H22ClF2N5O2/c1-13(24(2,3)33)29-23-28-12-14-11-19(20(31-34)15-7-4-5-8-16(15)25)32(22(14)30-23)21-17(26)9-6-10-18(21)27/h4-13,20,33H,1-3H3,(H,28,29,30). The second-order valence-electron chi connectivity index (χ2n) is 8.50. The first-order chi connectivity index (χ1) is 16.1. The molecule has 0 bridgehead atoms. The van der Waals surface area contributed by atoms with E-state index in [0.29, 0.717) is 10.9 Å². The van der Waals surface area contributed by atoms with Crippen LogP contribution in [0.5, 0.6) is 0 Å². The van der Waals surface area contributed by atoms with Crippen molar-refractivity contribution >= 4 is 28.6 Å². The fourth-order valence-corrected chi connectivity index (χ4v) is 3.79. The molecule has 4 rings (SSSR count). The molecule has 0 aliphatic carbocycles. The summed E-state index contributed by atoms with van der Waals surface area (Å²) in [7, 11) is 0. The fourth-order valence-electron chi connectivity index (χ4n) is 3.55. The van der Waals surface area contributed by atoms with Gasteiger partial charge in [0.25, 0.3) is 0 Å². The maximum atomic E-state index is 14.9. The minimum atomic E-state index is -1.17. The van der Waals surface area contributed by atoms with Crippen molar-refractivity contribution in [1.82, 2.24) is 14.5 Å². The summed E-state index contributed by atoms with van der Waals surface area (Å²) in [5.41, 5.74) is -0.792. The Balaban J connectivity index is 1.99. The first-order valence-corrected chi connectivity index (χ1v) is 10.9. The summed E-state index contributed by atoms with van der Waals surface area (Å²) in [6.07, 6.45) is 1.47. The number of aliphatic hydroxyl groups is 1. The predicted molar refractivity (Wildman–Crippen MR) is 127 cm³/mol. The zero-order valence-corrected chi connectivity index (χ0v) is 19.4. The van der Waals surface area contributed by atoms with Crippen molar-refractivity contribution in [3.8, 4) is 5.69 Å². The smallest absolute Gasteiger partial charge is 0.224 e. The molecule has 7 nitrogen and oxygen atoms in total. The van der Waals surface area contributed by atoms with E-state index in [4.69, 9.17) is 11.6 Å². The predicted octanol–water partition coefficient (Wildman–Crippen LogP) is 5.78. The van der Waals surface area contributed by atoms with Gasteiger partial charge in [-0.2, -0.15) is 4.98 Å². The minimum absolute atomic E-state index is 0.137. The molecule has 10 heteroatoms. The molecular formula is C24H22ClF2N5O2. The minimum Gasteiger partial charge on any atom is -0.388 e. The molecule has 0 amide bonds. The highest BCUT2D eigenvalue weighted by Gasteiger charge is 2.28. The summed E-state index contributed by atoms with van der Waals surface area (Å²) < 4.78 is 31.1. The van der Waals surface area contributed by atoms with Gasteiger partial charge < -0.3 is 10.4 Å². The van der Waals surface area contributed by atoms with Gasteiger partial charge in [0.1, 0.15) is 17.3 Å². The second kappa shape index (κ2) is 9.08. The number of fused-ring (bicyclic) bond motifs is 1. The Labute approximate surface area is 199 Å². The molecule has 2 unspecified atom stereocenters. The van der Waals surface area contributed by atoms with E-state index in [1.807, 2.05) is 0 Å². The first-order valence-electron chi connectivity index (χ1n) is 10.5. The number of halogens is 3. The largest absolute Gasteiger partial charge is 0.388 e. The van der Waals surface area contributed by atoms with Crippen LogP contribution in [0.3, 0.4) is 0 Å². The quantitative estimate of drug-likeness (QED) is 0.324. The average molecular weight is 486 g/mol. The van der Waals surface area contributed by atoms with Crippen LogP contribution < -0.4 is 5.32 Å². The lowest BCUT2D eigenvalue weighted by molar-refractivity contribution is 0.0646.